The van der Waals surface area contributed by atoms with Crippen LogP contribution in [0.2, 0.25) is 0 Å². The summed E-state index contributed by atoms with van der Waals surface area (Å²) in [6, 6.07) is 5.79. The summed E-state index contributed by atoms with van der Waals surface area (Å²) in [6.45, 7) is 0.417. The van der Waals surface area contributed by atoms with Crippen LogP contribution < -0.4 is 10.2 Å². The Balaban J connectivity index is 1.67. The summed E-state index contributed by atoms with van der Waals surface area (Å²) >= 11 is 0. The van der Waals surface area contributed by atoms with Crippen LogP contribution in [0.4, 0.5) is 10.1 Å². The molecule has 0 bridgehead atoms. The van der Waals surface area contributed by atoms with Crippen LogP contribution in [-0.4, -0.2) is 24.4 Å². The quantitative estimate of drug-likeness (QED) is 0.896. The van der Waals surface area contributed by atoms with Crippen molar-refractivity contribution in [1.29, 1.82) is 0 Å². The maximum Gasteiger partial charge on any atom is 0.229 e. The maximum atomic E-state index is 13.2. The third-order valence-electron chi connectivity index (χ3n) is 3.54. The molecule has 1 N–H and O–H groups in total. The molecule has 1 heterocycles. The molecular weight excluding hydrogens is 247 g/mol. The minimum Gasteiger partial charge on any atom is -0.351 e. The average molecular weight is 262 g/mol. The van der Waals surface area contributed by atoms with Crippen molar-refractivity contribution in [1.82, 2.24) is 5.32 Å². The first-order valence-electron chi connectivity index (χ1n) is 6.50. The van der Waals surface area contributed by atoms with Crippen LogP contribution in [0.25, 0.3) is 0 Å². The Kier molecular flexibility index (Phi) is 2.97. The summed E-state index contributed by atoms with van der Waals surface area (Å²) in [5.74, 6) is -0.264. The zero-order valence-corrected chi connectivity index (χ0v) is 10.4. The molecule has 0 unspecified atom stereocenters. The Bertz CT molecular complexity index is 528. The number of benzene rings is 1. The minimum atomic E-state index is -0.365. The third-order valence-corrected chi connectivity index (χ3v) is 3.54. The van der Waals surface area contributed by atoms with Crippen LogP contribution in [0.15, 0.2) is 24.3 Å². The second-order valence-electron chi connectivity index (χ2n) is 5.17. The lowest BCUT2D eigenvalue weighted by molar-refractivity contribution is -0.122. The van der Waals surface area contributed by atoms with Crippen LogP contribution in [-0.2, 0) is 9.59 Å². The van der Waals surface area contributed by atoms with Gasteiger partial charge in [-0.25, -0.2) is 4.39 Å². The Labute approximate surface area is 110 Å². The highest BCUT2D eigenvalue weighted by atomic mass is 19.1. The van der Waals surface area contributed by atoms with E-state index in [9.17, 15) is 14.0 Å². The van der Waals surface area contributed by atoms with E-state index in [0.717, 1.165) is 12.8 Å². The summed E-state index contributed by atoms with van der Waals surface area (Å²) in [6.07, 6.45) is 2.18. The van der Waals surface area contributed by atoms with Gasteiger partial charge in [-0.3, -0.25) is 9.59 Å². The van der Waals surface area contributed by atoms with Crippen molar-refractivity contribution in [2.45, 2.75) is 25.3 Å². The molecule has 2 fully saturated rings. The number of nitrogens with zero attached hydrogens (tertiary/aromatic N) is 1. The van der Waals surface area contributed by atoms with Gasteiger partial charge in [-0.15, -0.1) is 0 Å². The Hall–Kier alpha value is -1.91. The largest absolute Gasteiger partial charge is 0.351 e. The summed E-state index contributed by atoms with van der Waals surface area (Å²) in [5.41, 5.74) is 0.549. The number of anilines is 1. The molecule has 1 aromatic carbocycles. The van der Waals surface area contributed by atoms with Crippen molar-refractivity contribution >= 4 is 17.5 Å². The molecule has 1 saturated heterocycles. The number of amides is 2. The van der Waals surface area contributed by atoms with Gasteiger partial charge in [0.1, 0.15) is 5.82 Å². The normalized spacial score (nSPS) is 22.7. The zero-order chi connectivity index (χ0) is 13.4. The van der Waals surface area contributed by atoms with Crippen molar-refractivity contribution in [2.75, 3.05) is 11.4 Å². The van der Waals surface area contributed by atoms with E-state index < -0.39 is 0 Å². The molecule has 1 aliphatic carbocycles. The number of rotatable bonds is 3. The third kappa shape index (κ3) is 2.59. The van der Waals surface area contributed by atoms with Gasteiger partial charge in [-0.05, 0) is 31.0 Å². The van der Waals surface area contributed by atoms with Gasteiger partial charge in [-0.1, -0.05) is 6.07 Å². The van der Waals surface area contributed by atoms with E-state index in [1.165, 1.54) is 17.0 Å². The summed E-state index contributed by atoms with van der Waals surface area (Å²) in [7, 11) is 0. The zero-order valence-electron chi connectivity index (χ0n) is 10.4. The molecule has 4 nitrogen and oxygen atoms in total. The van der Waals surface area contributed by atoms with E-state index in [4.69, 9.17) is 0 Å². The molecule has 3 rings (SSSR count). The van der Waals surface area contributed by atoms with E-state index in [2.05, 4.69) is 5.32 Å². The Morgan fingerprint density at radius 2 is 2.16 bits per heavy atom. The summed E-state index contributed by atoms with van der Waals surface area (Å²) in [5, 5.41) is 2.89. The van der Waals surface area contributed by atoms with E-state index in [1.54, 1.807) is 12.1 Å². The number of carbonyl (C=O) groups excluding carboxylic acids is 2. The lowest BCUT2D eigenvalue weighted by atomic mass is 10.2. The molecule has 5 heteroatoms. The highest BCUT2D eigenvalue weighted by Crippen LogP contribution is 2.29. The second kappa shape index (κ2) is 4.64. The highest BCUT2D eigenvalue weighted by molar-refractivity contribution is 5.97. The monoisotopic (exact) mass is 262 g/mol. The van der Waals surface area contributed by atoms with Crippen molar-refractivity contribution in [2.24, 2.45) is 5.92 Å². The van der Waals surface area contributed by atoms with Crippen LogP contribution >= 0.6 is 0 Å². The molecule has 0 radical (unpaired) electrons. The fraction of sp³-hybridized carbons (Fsp3) is 0.429. The fourth-order valence-corrected chi connectivity index (χ4v) is 2.36. The van der Waals surface area contributed by atoms with Crippen LogP contribution in [0.1, 0.15) is 19.3 Å². The average Bonchev–Trinajstić information content (AvgIpc) is 3.14. The smallest absolute Gasteiger partial charge is 0.229 e. The predicted octanol–water partition coefficient (Wildman–Crippen LogP) is 1.46. The molecule has 1 aliphatic heterocycles. The number of hydrogen-bond acceptors (Lipinski definition) is 2. The molecular formula is C14H15FN2O2. The van der Waals surface area contributed by atoms with Gasteiger partial charge in [-0.2, -0.15) is 0 Å². The van der Waals surface area contributed by atoms with E-state index in [-0.39, 0.29) is 36.0 Å². The number of carbonyl (C=O) groups is 2. The van der Waals surface area contributed by atoms with Crippen LogP contribution in [0, 0.1) is 11.7 Å². The molecule has 0 aromatic heterocycles. The van der Waals surface area contributed by atoms with Crippen molar-refractivity contribution in [3.05, 3.63) is 30.1 Å². The van der Waals surface area contributed by atoms with Gasteiger partial charge in [0.25, 0.3) is 0 Å². The molecule has 1 atom stereocenters. The number of hydrogen-bond donors (Lipinski definition) is 1. The van der Waals surface area contributed by atoms with Crippen LogP contribution in [0.3, 0.4) is 0 Å². The molecule has 0 spiro atoms. The second-order valence-corrected chi connectivity index (χ2v) is 5.17. The molecule has 2 aliphatic rings. The minimum absolute atomic E-state index is 0.0406. The first-order valence-corrected chi connectivity index (χ1v) is 6.50. The lowest BCUT2D eigenvalue weighted by Gasteiger charge is -2.17. The van der Waals surface area contributed by atoms with Gasteiger partial charge in [0, 0.05) is 24.6 Å². The van der Waals surface area contributed by atoms with Crippen molar-refractivity contribution in [3.63, 3.8) is 0 Å². The van der Waals surface area contributed by atoms with Gasteiger partial charge >= 0.3 is 0 Å². The number of halogens is 1. The SMILES string of the molecule is O=C(N[C@@H]1CC(=O)N(c2cccc(F)c2)C1)C1CC1. The molecule has 2 amide bonds. The first-order chi connectivity index (χ1) is 9.13. The van der Waals surface area contributed by atoms with E-state index >= 15 is 0 Å². The van der Waals surface area contributed by atoms with E-state index in [0.29, 0.717) is 12.2 Å². The standard InChI is InChI=1S/C14H15FN2O2/c15-10-2-1-3-12(6-10)17-8-11(7-13(17)18)16-14(19)9-4-5-9/h1-3,6,9,11H,4-5,7-8H2,(H,16,19)/t11-/m1/s1. The lowest BCUT2D eigenvalue weighted by Crippen LogP contribution is -2.38. The molecule has 100 valence electrons. The van der Waals surface area contributed by atoms with Crippen LogP contribution in [0.5, 0.6) is 0 Å². The van der Waals surface area contributed by atoms with Crippen molar-refractivity contribution < 1.29 is 14.0 Å². The Morgan fingerprint density at radius 1 is 1.37 bits per heavy atom. The predicted molar refractivity (Wildman–Crippen MR) is 68.0 cm³/mol. The van der Waals surface area contributed by atoms with Gasteiger partial charge in [0.2, 0.25) is 11.8 Å². The van der Waals surface area contributed by atoms with Gasteiger partial charge < -0.3 is 10.2 Å². The highest BCUT2D eigenvalue weighted by Gasteiger charge is 2.35. The summed E-state index contributed by atoms with van der Waals surface area (Å²) < 4.78 is 13.2. The van der Waals surface area contributed by atoms with Crippen molar-refractivity contribution in [3.8, 4) is 0 Å². The fourth-order valence-electron chi connectivity index (χ4n) is 2.36. The Morgan fingerprint density at radius 3 is 2.84 bits per heavy atom. The molecule has 1 aromatic rings. The number of nitrogens with one attached hydrogen (secondary N) is 1. The summed E-state index contributed by atoms with van der Waals surface area (Å²) in [4.78, 5) is 25.1. The molecule has 19 heavy (non-hydrogen) atoms. The van der Waals surface area contributed by atoms with Gasteiger partial charge in [0.05, 0.1) is 6.04 Å². The first kappa shape index (κ1) is 12.1. The maximum absolute atomic E-state index is 13.2. The van der Waals surface area contributed by atoms with E-state index in [1.807, 2.05) is 0 Å². The topological polar surface area (TPSA) is 49.4 Å². The van der Waals surface area contributed by atoms with Gasteiger partial charge in [0.15, 0.2) is 0 Å². The molecule has 1 saturated carbocycles.